The number of nitrogens with zero attached hydrogens (tertiary/aromatic N) is 3. The lowest BCUT2D eigenvalue weighted by Crippen LogP contribution is -2.51. The molecule has 2 N–H and O–H groups in total. The maximum absolute atomic E-state index is 13.9. The van der Waals surface area contributed by atoms with Gasteiger partial charge in [-0.05, 0) is 55.6 Å². The molecule has 38 heavy (non-hydrogen) atoms. The molecule has 0 spiro atoms. The summed E-state index contributed by atoms with van der Waals surface area (Å²) >= 11 is 0. The van der Waals surface area contributed by atoms with E-state index < -0.39 is 24.8 Å². The van der Waals surface area contributed by atoms with Gasteiger partial charge in [-0.2, -0.15) is 0 Å². The van der Waals surface area contributed by atoms with Gasteiger partial charge in [0.25, 0.3) is 5.91 Å². The van der Waals surface area contributed by atoms with Crippen LogP contribution < -0.4 is 10.2 Å². The molecule has 9 nitrogen and oxygen atoms in total. The molecule has 0 aromatic heterocycles. The zero-order chi connectivity index (χ0) is 26.6. The van der Waals surface area contributed by atoms with Gasteiger partial charge in [-0.25, -0.2) is 4.79 Å². The van der Waals surface area contributed by atoms with E-state index in [4.69, 9.17) is 4.74 Å². The third kappa shape index (κ3) is 5.57. The van der Waals surface area contributed by atoms with Gasteiger partial charge in [0.1, 0.15) is 13.2 Å². The summed E-state index contributed by atoms with van der Waals surface area (Å²) < 4.78 is 5.32. The molecule has 1 aliphatic carbocycles. The van der Waals surface area contributed by atoms with Crippen LogP contribution in [0.15, 0.2) is 53.5 Å². The topological polar surface area (TPSA) is 112 Å². The molecule has 2 aromatic carbocycles. The van der Waals surface area contributed by atoms with Gasteiger partial charge in [-0.3, -0.25) is 24.8 Å². The summed E-state index contributed by atoms with van der Waals surface area (Å²) in [5.41, 5.74) is 2.92. The van der Waals surface area contributed by atoms with Gasteiger partial charge in [0.05, 0.1) is 18.0 Å². The number of fused-ring (bicyclic) bond motifs is 5. The van der Waals surface area contributed by atoms with E-state index in [-0.39, 0.29) is 24.8 Å². The van der Waals surface area contributed by atoms with Crippen molar-refractivity contribution in [3.05, 3.63) is 65.2 Å². The Balaban J connectivity index is 1.39. The van der Waals surface area contributed by atoms with Crippen LogP contribution in [0.1, 0.15) is 42.4 Å². The zero-order valence-electron chi connectivity index (χ0n) is 21.6. The highest BCUT2D eigenvalue weighted by molar-refractivity contribution is 6.15. The monoisotopic (exact) mass is 518 g/mol. The number of aliphatic hydroxyl groups is 1. The lowest BCUT2D eigenvalue weighted by atomic mass is 9.84. The van der Waals surface area contributed by atoms with E-state index in [1.807, 2.05) is 54.3 Å². The fourth-order valence-electron chi connectivity index (χ4n) is 5.78. The Morgan fingerprint density at radius 1 is 1.03 bits per heavy atom. The smallest absolute Gasteiger partial charge is 0.409 e. The van der Waals surface area contributed by atoms with Crippen molar-refractivity contribution in [3.8, 4) is 0 Å². The highest BCUT2D eigenvalue weighted by atomic mass is 16.5. The van der Waals surface area contributed by atoms with Crippen LogP contribution in [0.5, 0.6) is 0 Å². The van der Waals surface area contributed by atoms with Gasteiger partial charge in [-0.15, -0.1) is 0 Å². The summed E-state index contributed by atoms with van der Waals surface area (Å²) in [6.07, 6.45) is 2.41. The quantitative estimate of drug-likeness (QED) is 0.611. The average Bonchev–Trinajstić information content (AvgIpc) is 3.31. The largest absolute Gasteiger partial charge is 0.445 e. The summed E-state index contributed by atoms with van der Waals surface area (Å²) in [4.78, 5) is 47.8. The Morgan fingerprint density at radius 2 is 1.71 bits per heavy atom. The molecule has 200 valence electrons. The highest BCUT2D eigenvalue weighted by Gasteiger charge is 2.37. The molecule has 3 aliphatic heterocycles. The number of amides is 3. The second kappa shape index (κ2) is 11.3. The number of rotatable bonds is 6. The second-order valence-corrected chi connectivity index (χ2v) is 10.4. The van der Waals surface area contributed by atoms with Gasteiger partial charge in [-0.1, -0.05) is 48.5 Å². The minimum absolute atomic E-state index is 0.0307. The van der Waals surface area contributed by atoms with Crippen LogP contribution in [0, 0.1) is 18.8 Å². The van der Waals surface area contributed by atoms with E-state index >= 15 is 0 Å². The molecule has 1 unspecified atom stereocenters. The number of para-hydroxylation sites is 1. The van der Waals surface area contributed by atoms with Crippen molar-refractivity contribution in [1.82, 2.24) is 10.2 Å². The molecule has 4 aliphatic rings. The number of carbonyl (C=O) groups is 3. The van der Waals surface area contributed by atoms with Crippen LogP contribution >= 0.6 is 0 Å². The number of hydrogen-bond acceptors (Lipinski definition) is 6. The fourth-order valence-corrected chi connectivity index (χ4v) is 5.78. The molecular formula is C29H34N4O5. The first-order valence-corrected chi connectivity index (χ1v) is 13.3. The first-order chi connectivity index (χ1) is 18.4. The van der Waals surface area contributed by atoms with Gasteiger partial charge in [0, 0.05) is 18.7 Å². The number of aliphatic hydroxyl groups excluding tert-OH is 1. The summed E-state index contributed by atoms with van der Waals surface area (Å²) in [6.45, 7) is 2.71. The molecule has 1 saturated carbocycles. The highest BCUT2D eigenvalue weighted by Crippen LogP contribution is 2.34. The maximum Gasteiger partial charge on any atom is 0.409 e. The number of aliphatic imine (C=N–C) groups is 1. The molecule has 0 radical (unpaired) electrons. The lowest BCUT2D eigenvalue weighted by Gasteiger charge is -2.30. The first-order valence-electron chi connectivity index (χ1n) is 13.3. The van der Waals surface area contributed by atoms with Crippen LogP contribution in [-0.4, -0.2) is 66.0 Å². The Labute approximate surface area is 222 Å². The standard InChI is InChI=1S/C29H34N4O5/c1-19-6-5-9-23-24(17-34)30-27(31-29(37)38-18-22-7-3-2-4-8-22)28(36)33(26(19)23)16-25(35)32-14-20-10-11-21(15-32)13-12-20/h2-9,20-21,27,34H,10-18H2,1H3,(H,31,37). The van der Waals surface area contributed by atoms with E-state index in [1.165, 1.54) is 4.90 Å². The summed E-state index contributed by atoms with van der Waals surface area (Å²) in [6, 6.07) is 14.6. The van der Waals surface area contributed by atoms with Crippen molar-refractivity contribution in [3.63, 3.8) is 0 Å². The van der Waals surface area contributed by atoms with Crippen LogP contribution in [0.25, 0.3) is 0 Å². The molecule has 2 bridgehead atoms. The second-order valence-electron chi connectivity index (χ2n) is 10.4. The maximum atomic E-state index is 13.9. The number of benzene rings is 2. The lowest BCUT2D eigenvalue weighted by molar-refractivity contribution is -0.132. The van der Waals surface area contributed by atoms with Crippen LogP contribution in [0.4, 0.5) is 10.5 Å². The molecule has 6 rings (SSSR count). The van der Waals surface area contributed by atoms with Crippen LogP contribution in [0.3, 0.4) is 0 Å². The van der Waals surface area contributed by atoms with Crippen LogP contribution in [-0.2, 0) is 20.9 Å². The average molecular weight is 519 g/mol. The molecule has 2 saturated heterocycles. The SMILES string of the molecule is Cc1cccc2c1N(CC(=O)N1CC3CCC(CC3)C1)C(=O)C(NC(=O)OCc1ccccc1)N=C2CO. The van der Waals surface area contributed by atoms with Crippen molar-refractivity contribution in [2.75, 3.05) is 31.1 Å². The van der Waals surface area contributed by atoms with Crippen molar-refractivity contribution < 1.29 is 24.2 Å². The minimum atomic E-state index is -1.35. The van der Waals surface area contributed by atoms with E-state index in [9.17, 15) is 19.5 Å². The van der Waals surface area contributed by atoms with Crippen molar-refractivity contribution >= 4 is 29.3 Å². The number of hydrogen-bond donors (Lipinski definition) is 2. The number of anilines is 1. The number of nitrogens with one attached hydrogen (secondary N) is 1. The molecular weight excluding hydrogens is 484 g/mol. The number of ether oxygens (including phenoxy) is 1. The Hall–Kier alpha value is -3.72. The fraction of sp³-hybridized carbons (Fsp3) is 0.448. The van der Waals surface area contributed by atoms with Gasteiger partial charge < -0.3 is 14.7 Å². The predicted molar refractivity (Wildman–Crippen MR) is 143 cm³/mol. The van der Waals surface area contributed by atoms with E-state index in [1.54, 1.807) is 6.07 Å². The summed E-state index contributed by atoms with van der Waals surface area (Å²) in [7, 11) is 0. The summed E-state index contributed by atoms with van der Waals surface area (Å²) in [5, 5.41) is 12.7. The molecule has 3 heterocycles. The molecule has 1 atom stereocenters. The van der Waals surface area contributed by atoms with Gasteiger partial charge >= 0.3 is 6.09 Å². The van der Waals surface area contributed by atoms with Gasteiger partial charge in [0.2, 0.25) is 12.1 Å². The minimum Gasteiger partial charge on any atom is -0.445 e. The first kappa shape index (κ1) is 25.9. The number of alkyl carbamates (subject to hydrolysis) is 1. The number of benzodiazepines with no additional fused rings is 1. The zero-order valence-corrected chi connectivity index (χ0v) is 21.6. The van der Waals surface area contributed by atoms with Crippen molar-refractivity contribution in [2.24, 2.45) is 16.8 Å². The van der Waals surface area contributed by atoms with E-state index in [2.05, 4.69) is 10.3 Å². The summed E-state index contributed by atoms with van der Waals surface area (Å²) in [5.74, 6) is 0.338. The van der Waals surface area contributed by atoms with Crippen molar-refractivity contribution in [2.45, 2.75) is 45.4 Å². The van der Waals surface area contributed by atoms with Crippen LogP contribution in [0.2, 0.25) is 0 Å². The third-order valence-electron chi connectivity index (χ3n) is 7.79. The van der Waals surface area contributed by atoms with Crippen molar-refractivity contribution in [1.29, 1.82) is 0 Å². The Kier molecular flexibility index (Phi) is 7.74. The Bertz CT molecular complexity index is 1210. The van der Waals surface area contributed by atoms with E-state index in [0.29, 0.717) is 36.2 Å². The van der Waals surface area contributed by atoms with E-state index in [0.717, 1.165) is 36.8 Å². The molecule has 9 heteroatoms. The van der Waals surface area contributed by atoms with Gasteiger partial charge in [0.15, 0.2) is 0 Å². The Morgan fingerprint density at radius 3 is 2.37 bits per heavy atom. The normalized spacial score (nSPS) is 22.7. The number of carbonyl (C=O) groups excluding carboxylic acids is 3. The molecule has 2 aromatic rings. The predicted octanol–water partition coefficient (Wildman–Crippen LogP) is 3.02. The molecule has 3 amide bonds. The number of aryl methyl sites for hydroxylation is 1. The third-order valence-corrected chi connectivity index (χ3v) is 7.79. The molecule has 3 fully saturated rings.